The molecule has 0 spiro atoms. The van der Waals surface area contributed by atoms with Gasteiger partial charge in [0.1, 0.15) is 0 Å². The van der Waals surface area contributed by atoms with Gasteiger partial charge in [-0.3, -0.25) is 4.79 Å². The Labute approximate surface area is 127 Å². The number of carbonyl (C=O) groups is 1. The Balaban J connectivity index is 2.72. The van der Waals surface area contributed by atoms with Crippen molar-refractivity contribution in [1.82, 2.24) is 5.32 Å². The van der Waals surface area contributed by atoms with Crippen LogP contribution in [0.15, 0.2) is 12.1 Å². The summed E-state index contributed by atoms with van der Waals surface area (Å²) >= 11 is 17.7. The maximum absolute atomic E-state index is 11.9. The number of benzene rings is 1. The highest BCUT2D eigenvalue weighted by atomic mass is 35.5. The molecule has 0 aromatic heterocycles. The molecule has 0 aliphatic rings. The fourth-order valence-corrected chi connectivity index (χ4v) is 2.24. The van der Waals surface area contributed by atoms with Gasteiger partial charge in [-0.25, -0.2) is 0 Å². The Morgan fingerprint density at radius 1 is 1.26 bits per heavy atom. The Kier molecular flexibility index (Phi) is 6.36. The van der Waals surface area contributed by atoms with Crippen LogP contribution < -0.4 is 10.6 Å². The van der Waals surface area contributed by atoms with E-state index in [-0.39, 0.29) is 16.0 Å². The zero-order chi connectivity index (χ0) is 14.6. The van der Waals surface area contributed by atoms with Crippen molar-refractivity contribution in [3.63, 3.8) is 0 Å². The molecule has 7 heteroatoms. The van der Waals surface area contributed by atoms with Gasteiger partial charge < -0.3 is 15.7 Å². The molecule has 0 unspecified atom stereocenters. The van der Waals surface area contributed by atoms with Crippen molar-refractivity contribution in [3.8, 4) is 0 Å². The normalized spacial score (nSPS) is 14.0. The van der Waals surface area contributed by atoms with E-state index in [0.717, 1.165) is 0 Å². The number of anilines is 1. The van der Waals surface area contributed by atoms with Crippen LogP contribution >= 0.6 is 34.8 Å². The predicted molar refractivity (Wildman–Crippen MR) is 79.2 cm³/mol. The molecule has 106 valence electrons. The van der Waals surface area contributed by atoms with Gasteiger partial charge in [0.2, 0.25) is 5.91 Å². The standard InChI is InChI=1S/C12H15Cl3N2O2/c1-6(18)5-16-7(2)12(19)17-11-9(14)3-8(13)4-10(11)15/h3-4,6-7,16,18H,5H2,1-2H3,(H,17,19)/t6-,7-/m0/s1. The summed E-state index contributed by atoms with van der Waals surface area (Å²) in [6, 6.07) is 2.51. The minimum Gasteiger partial charge on any atom is -0.392 e. The van der Waals surface area contributed by atoms with Gasteiger partial charge in [-0.2, -0.15) is 0 Å². The van der Waals surface area contributed by atoms with Crippen molar-refractivity contribution < 1.29 is 9.90 Å². The highest BCUT2D eigenvalue weighted by Gasteiger charge is 2.16. The number of halogens is 3. The highest BCUT2D eigenvalue weighted by Crippen LogP contribution is 2.33. The van der Waals surface area contributed by atoms with Crippen molar-refractivity contribution in [2.24, 2.45) is 0 Å². The van der Waals surface area contributed by atoms with E-state index in [2.05, 4.69) is 10.6 Å². The summed E-state index contributed by atoms with van der Waals surface area (Å²) in [6.07, 6.45) is -0.530. The molecule has 19 heavy (non-hydrogen) atoms. The fourth-order valence-electron chi connectivity index (χ4n) is 1.33. The summed E-state index contributed by atoms with van der Waals surface area (Å²) in [5, 5.41) is 15.6. The van der Waals surface area contributed by atoms with Crippen molar-refractivity contribution in [3.05, 3.63) is 27.2 Å². The molecular weight excluding hydrogens is 311 g/mol. The monoisotopic (exact) mass is 324 g/mol. The van der Waals surface area contributed by atoms with Gasteiger partial charge in [0.15, 0.2) is 0 Å². The Morgan fingerprint density at radius 2 is 1.79 bits per heavy atom. The van der Waals surface area contributed by atoms with Gasteiger partial charge >= 0.3 is 0 Å². The molecule has 1 amide bonds. The van der Waals surface area contributed by atoms with Crippen LogP contribution in [0.25, 0.3) is 0 Å². The number of carbonyl (C=O) groups excluding carboxylic acids is 1. The number of hydrogen-bond acceptors (Lipinski definition) is 3. The van der Waals surface area contributed by atoms with E-state index in [1.807, 2.05) is 0 Å². The van der Waals surface area contributed by atoms with E-state index in [1.54, 1.807) is 13.8 Å². The summed E-state index contributed by atoms with van der Waals surface area (Å²) in [5.41, 5.74) is 0.323. The summed E-state index contributed by atoms with van der Waals surface area (Å²) < 4.78 is 0. The zero-order valence-electron chi connectivity index (χ0n) is 10.5. The van der Waals surface area contributed by atoms with Gasteiger partial charge in [-0.15, -0.1) is 0 Å². The first-order valence-electron chi connectivity index (χ1n) is 5.68. The Morgan fingerprint density at radius 3 is 2.26 bits per heavy atom. The van der Waals surface area contributed by atoms with Crippen LogP contribution in [-0.2, 0) is 4.79 Å². The molecule has 1 aromatic carbocycles. The van der Waals surface area contributed by atoms with Crippen LogP contribution in [0.1, 0.15) is 13.8 Å². The molecule has 4 nitrogen and oxygen atoms in total. The van der Waals surface area contributed by atoms with Gasteiger partial charge in [-0.05, 0) is 26.0 Å². The Bertz CT molecular complexity index is 443. The van der Waals surface area contributed by atoms with Crippen molar-refractivity contribution in [2.75, 3.05) is 11.9 Å². The molecule has 0 heterocycles. The van der Waals surface area contributed by atoms with E-state index >= 15 is 0 Å². The van der Waals surface area contributed by atoms with Crippen molar-refractivity contribution >= 4 is 46.4 Å². The maximum Gasteiger partial charge on any atom is 0.241 e. The topological polar surface area (TPSA) is 61.4 Å². The Hall–Kier alpha value is -0.520. The molecule has 0 fully saturated rings. The summed E-state index contributed by atoms with van der Waals surface area (Å²) in [7, 11) is 0. The third-order valence-electron chi connectivity index (χ3n) is 2.37. The second kappa shape index (κ2) is 7.31. The number of aliphatic hydroxyl groups excluding tert-OH is 1. The lowest BCUT2D eigenvalue weighted by Crippen LogP contribution is -2.41. The molecule has 0 radical (unpaired) electrons. The molecular formula is C12H15Cl3N2O2. The van der Waals surface area contributed by atoms with E-state index in [0.29, 0.717) is 17.3 Å². The van der Waals surface area contributed by atoms with Crippen LogP contribution in [0.3, 0.4) is 0 Å². The summed E-state index contributed by atoms with van der Waals surface area (Å²) in [5.74, 6) is -0.299. The molecule has 3 N–H and O–H groups in total. The number of amides is 1. The van der Waals surface area contributed by atoms with Gasteiger partial charge in [-0.1, -0.05) is 34.8 Å². The van der Waals surface area contributed by atoms with Gasteiger partial charge in [0.25, 0.3) is 0 Å². The first kappa shape index (κ1) is 16.5. The average molecular weight is 326 g/mol. The lowest BCUT2D eigenvalue weighted by molar-refractivity contribution is -0.117. The molecule has 0 aliphatic carbocycles. The van der Waals surface area contributed by atoms with E-state index in [1.165, 1.54) is 12.1 Å². The van der Waals surface area contributed by atoms with Crippen LogP contribution in [0, 0.1) is 0 Å². The van der Waals surface area contributed by atoms with E-state index in [4.69, 9.17) is 39.9 Å². The van der Waals surface area contributed by atoms with Crippen molar-refractivity contribution in [2.45, 2.75) is 26.0 Å². The molecule has 0 aliphatic heterocycles. The summed E-state index contributed by atoms with van der Waals surface area (Å²) in [6.45, 7) is 3.62. The average Bonchev–Trinajstić information content (AvgIpc) is 2.30. The minimum atomic E-state index is -0.530. The molecule has 0 saturated heterocycles. The van der Waals surface area contributed by atoms with E-state index in [9.17, 15) is 4.79 Å². The third-order valence-corrected chi connectivity index (χ3v) is 3.18. The molecule has 2 atom stereocenters. The first-order chi connectivity index (χ1) is 8.81. The molecule has 0 saturated carbocycles. The maximum atomic E-state index is 11.9. The van der Waals surface area contributed by atoms with E-state index < -0.39 is 12.1 Å². The molecule has 1 aromatic rings. The predicted octanol–water partition coefficient (Wildman–Crippen LogP) is 2.94. The van der Waals surface area contributed by atoms with Gasteiger partial charge in [0.05, 0.1) is 27.9 Å². The molecule has 1 rings (SSSR count). The lowest BCUT2D eigenvalue weighted by Gasteiger charge is -2.16. The van der Waals surface area contributed by atoms with Crippen LogP contribution in [0.4, 0.5) is 5.69 Å². The highest BCUT2D eigenvalue weighted by molar-refractivity contribution is 6.42. The largest absolute Gasteiger partial charge is 0.392 e. The fraction of sp³-hybridized carbons (Fsp3) is 0.417. The number of hydrogen-bond donors (Lipinski definition) is 3. The third kappa shape index (κ3) is 5.16. The number of aliphatic hydroxyl groups is 1. The lowest BCUT2D eigenvalue weighted by atomic mass is 10.2. The summed E-state index contributed by atoms with van der Waals surface area (Å²) in [4.78, 5) is 11.9. The minimum absolute atomic E-state index is 0.272. The number of rotatable bonds is 5. The van der Waals surface area contributed by atoms with Crippen LogP contribution in [-0.4, -0.2) is 29.7 Å². The second-order valence-corrected chi connectivity index (χ2v) is 5.46. The number of nitrogens with one attached hydrogen (secondary N) is 2. The zero-order valence-corrected chi connectivity index (χ0v) is 12.8. The SMILES string of the molecule is C[C@H](O)CN[C@@H](C)C(=O)Nc1c(Cl)cc(Cl)cc1Cl. The molecule has 0 bridgehead atoms. The van der Waals surface area contributed by atoms with Crippen molar-refractivity contribution in [1.29, 1.82) is 0 Å². The quantitative estimate of drug-likeness (QED) is 0.780. The van der Waals surface area contributed by atoms with Crippen LogP contribution in [0.2, 0.25) is 15.1 Å². The smallest absolute Gasteiger partial charge is 0.241 e. The van der Waals surface area contributed by atoms with Gasteiger partial charge in [0, 0.05) is 11.6 Å². The first-order valence-corrected chi connectivity index (χ1v) is 6.81. The van der Waals surface area contributed by atoms with Crippen LogP contribution in [0.5, 0.6) is 0 Å². The second-order valence-electron chi connectivity index (χ2n) is 4.21.